The number of aromatic hydroxyl groups is 1. The van der Waals surface area contributed by atoms with Crippen molar-refractivity contribution < 1.29 is 14.6 Å². The molecular formula is C27H31ClN8O4S. The number of hydrogen-bond acceptors (Lipinski definition) is 11. The fourth-order valence-electron chi connectivity index (χ4n) is 5.82. The van der Waals surface area contributed by atoms with Crippen LogP contribution in [0.2, 0.25) is 5.02 Å². The maximum Gasteiger partial charge on any atom is 0.270 e. The third-order valence-corrected chi connectivity index (χ3v) is 9.81. The van der Waals surface area contributed by atoms with Crippen molar-refractivity contribution in [3.05, 3.63) is 51.2 Å². The summed E-state index contributed by atoms with van der Waals surface area (Å²) in [5.41, 5.74) is 5.76. The van der Waals surface area contributed by atoms with Crippen LogP contribution in [0.25, 0.3) is 0 Å². The lowest BCUT2D eigenvalue weighted by Gasteiger charge is -2.41. The van der Waals surface area contributed by atoms with Gasteiger partial charge in [0.05, 0.1) is 29.6 Å². The number of nitrogens with one attached hydrogen (secondary N) is 1. The molecule has 0 aliphatic carbocycles. The second kappa shape index (κ2) is 11.2. The highest BCUT2D eigenvalue weighted by atomic mass is 35.5. The van der Waals surface area contributed by atoms with Crippen LogP contribution in [0.4, 0.5) is 11.6 Å². The predicted molar refractivity (Wildman–Crippen MR) is 154 cm³/mol. The molecule has 2 saturated heterocycles. The van der Waals surface area contributed by atoms with Crippen molar-refractivity contribution in [2.75, 3.05) is 29.9 Å². The predicted octanol–water partition coefficient (Wildman–Crippen LogP) is 2.86. The molecule has 3 aliphatic rings. The number of piperidine rings is 1. The molecule has 3 aliphatic heterocycles. The summed E-state index contributed by atoms with van der Waals surface area (Å²) in [4.78, 5) is 37.3. The summed E-state index contributed by atoms with van der Waals surface area (Å²) in [7, 11) is 0. The smallest absolute Gasteiger partial charge is 0.270 e. The SMILES string of the molecule is C[C@@H]1OCC2(CCN(c3ncc(Sc4cccc(NC(=O)c5c(O)nc6n(c5=O)CCCC6)c4Cl)nn3)CC2)[C@@H]1N. The molecule has 2 atom stereocenters. The highest BCUT2D eigenvalue weighted by Crippen LogP contribution is 2.42. The Balaban J connectivity index is 1.13. The highest BCUT2D eigenvalue weighted by molar-refractivity contribution is 7.99. The van der Waals surface area contributed by atoms with E-state index in [1.807, 2.05) is 6.92 Å². The molecule has 0 bridgehead atoms. The van der Waals surface area contributed by atoms with Gasteiger partial charge in [-0.25, -0.2) is 4.98 Å². The third-order valence-electron chi connectivity index (χ3n) is 8.33. The first kappa shape index (κ1) is 27.9. The summed E-state index contributed by atoms with van der Waals surface area (Å²) in [6.45, 7) is 4.75. The number of halogens is 1. The van der Waals surface area contributed by atoms with E-state index in [2.05, 4.69) is 30.4 Å². The van der Waals surface area contributed by atoms with Gasteiger partial charge in [0.1, 0.15) is 10.9 Å². The van der Waals surface area contributed by atoms with Gasteiger partial charge in [0.2, 0.25) is 11.8 Å². The van der Waals surface area contributed by atoms with Gasteiger partial charge in [0, 0.05) is 42.4 Å². The third kappa shape index (κ3) is 5.27. The van der Waals surface area contributed by atoms with E-state index in [0.717, 1.165) is 38.8 Å². The molecule has 1 amide bonds. The van der Waals surface area contributed by atoms with Crippen LogP contribution < -0.4 is 21.5 Å². The molecule has 216 valence electrons. The Kier molecular flexibility index (Phi) is 7.62. The van der Waals surface area contributed by atoms with E-state index in [1.165, 1.54) is 16.3 Å². The van der Waals surface area contributed by atoms with E-state index >= 15 is 0 Å². The number of nitrogens with zero attached hydrogens (tertiary/aromatic N) is 6. The van der Waals surface area contributed by atoms with Gasteiger partial charge in [-0.05, 0) is 44.7 Å². The number of rotatable bonds is 5. The van der Waals surface area contributed by atoms with Gasteiger partial charge in [-0.3, -0.25) is 14.2 Å². The number of hydrogen-bond donors (Lipinski definition) is 3. The number of amides is 1. The summed E-state index contributed by atoms with van der Waals surface area (Å²) >= 11 is 7.87. The molecule has 1 spiro atoms. The largest absolute Gasteiger partial charge is 0.493 e. The van der Waals surface area contributed by atoms with E-state index in [-0.39, 0.29) is 28.3 Å². The minimum atomic E-state index is -0.779. The van der Waals surface area contributed by atoms with Crippen LogP contribution >= 0.6 is 23.4 Å². The van der Waals surface area contributed by atoms with Crippen LogP contribution in [0.15, 0.2) is 39.1 Å². The molecule has 3 aromatic rings. The molecule has 0 unspecified atom stereocenters. The Morgan fingerprint density at radius 2 is 2.05 bits per heavy atom. The average molecular weight is 599 g/mol. The van der Waals surface area contributed by atoms with Gasteiger partial charge in [-0.1, -0.05) is 29.4 Å². The second-order valence-corrected chi connectivity index (χ2v) is 12.2. The van der Waals surface area contributed by atoms with Crippen molar-refractivity contribution in [2.24, 2.45) is 11.1 Å². The lowest BCUT2D eigenvalue weighted by molar-refractivity contribution is 0.0973. The fraction of sp³-hybridized carbons (Fsp3) is 0.481. The molecule has 0 saturated carbocycles. The van der Waals surface area contributed by atoms with Gasteiger partial charge in [0.15, 0.2) is 5.56 Å². The monoisotopic (exact) mass is 598 g/mol. The van der Waals surface area contributed by atoms with Crippen molar-refractivity contribution in [1.29, 1.82) is 0 Å². The van der Waals surface area contributed by atoms with Crippen LogP contribution in [0.1, 0.15) is 48.8 Å². The molecule has 4 N–H and O–H groups in total. The molecule has 2 fully saturated rings. The van der Waals surface area contributed by atoms with Crippen molar-refractivity contribution >= 4 is 40.9 Å². The number of carbonyl (C=O) groups is 1. The maximum atomic E-state index is 13.0. The standard InChI is InChI=1S/C27H31ClN8O4S/c1-15-22(29)27(14-40-15)8-11-35(12-9-27)26-30-13-19(33-34-26)41-17-6-4-5-16(21(17)28)31-23(37)20-24(38)32-18-7-2-3-10-36(18)25(20)39/h4-6,13,15,22,38H,2-3,7-12,14,29H2,1H3,(H,31,37)/t15-,22+/m0/s1. The second-order valence-electron chi connectivity index (χ2n) is 10.8. The zero-order chi connectivity index (χ0) is 28.7. The average Bonchev–Trinajstić information content (AvgIpc) is 3.24. The lowest BCUT2D eigenvalue weighted by atomic mass is 9.73. The Morgan fingerprint density at radius 1 is 1.24 bits per heavy atom. The zero-order valence-corrected chi connectivity index (χ0v) is 24.1. The number of fused-ring (bicyclic) bond motifs is 1. The fourth-order valence-corrected chi connectivity index (χ4v) is 6.87. The van der Waals surface area contributed by atoms with Gasteiger partial charge >= 0.3 is 0 Å². The maximum absolute atomic E-state index is 13.0. The number of benzene rings is 1. The highest BCUT2D eigenvalue weighted by Gasteiger charge is 2.47. The number of anilines is 2. The molecular weight excluding hydrogens is 568 g/mol. The van der Waals surface area contributed by atoms with Crippen molar-refractivity contribution in [3.8, 4) is 5.88 Å². The number of nitrogens with two attached hydrogens (primary N) is 1. The first-order chi connectivity index (χ1) is 19.8. The van der Waals surface area contributed by atoms with Crippen LogP contribution in [0, 0.1) is 5.41 Å². The van der Waals surface area contributed by atoms with Gasteiger partial charge in [-0.15, -0.1) is 10.2 Å². The molecule has 41 heavy (non-hydrogen) atoms. The Bertz CT molecular complexity index is 1530. The zero-order valence-electron chi connectivity index (χ0n) is 22.5. The molecule has 12 nitrogen and oxygen atoms in total. The molecule has 1 aromatic carbocycles. The Labute approximate surface area is 245 Å². The van der Waals surface area contributed by atoms with Crippen LogP contribution in [-0.2, 0) is 17.7 Å². The molecule has 2 aromatic heterocycles. The normalized spacial score (nSPS) is 21.6. The van der Waals surface area contributed by atoms with Crippen LogP contribution in [0.3, 0.4) is 0 Å². The summed E-state index contributed by atoms with van der Waals surface area (Å²) in [5.74, 6) is -0.319. The first-order valence-electron chi connectivity index (χ1n) is 13.7. The molecule has 6 rings (SSSR count). The molecule has 0 radical (unpaired) electrons. The summed E-state index contributed by atoms with van der Waals surface area (Å²) in [5, 5.41) is 22.5. The Morgan fingerprint density at radius 3 is 2.76 bits per heavy atom. The summed E-state index contributed by atoms with van der Waals surface area (Å²) in [6.07, 6.45) is 5.82. The van der Waals surface area contributed by atoms with Crippen molar-refractivity contribution in [3.63, 3.8) is 0 Å². The van der Waals surface area contributed by atoms with E-state index in [0.29, 0.717) is 41.3 Å². The van der Waals surface area contributed by atoms with Gasteiger partial charge < -0.3 is 25.8 Å². The molecule has 14 heteroatoms. The Hall–Kier alpha value is -3.26. The van der Waals surface area contributed by atoms with E-state index in [1.54, 1.807) is 24.4 Å². The molecule has 5 heterocycles. The minimum absolute atomic E-state index is 0.0135. The number of aromatic nitrogens is 5. The van der Waals surface area contributed by atoms with Crippen molar-refractivity contribution in [2.45, 2.75) is 67.6 Å². The van der Waals surface area contributed by atoms with Gasteiger partial charge in [0.25, 0.3) is 11.5 Å². The summed E-state index contributed by atoms with van der Waals surface area (Å²) in [6, 6.07) is 5.15. The number of carbonyl (C=O) groups excluding carboxylic acids is 1. The lowest BCUT2D eigenvalue weighted by Crippen LogP contribution is -2.51. The van der Waals surface area contributed by atoms with Crippen molar-refractivity contribution in [1.82, 2.24) is 24.7 Å². The van der Waals surface area contributed by atoms with E-state index in [4.69, 9.17) is 22.1 Å². The summed E-state index contributed by atoms with van der Waals surface area (Å²) < 4.78 is 7.26. The quantitative estimate of drug-likeness (QED) is 0.396. The topological polar surface area (TPSA) is 161 Å². The number of aryl methyl sites for hydroxylation is 1. The van der Waals surface area contributed by atoms with E-state index < -0.39 is 22.9 Å². The minimum Gasteiger partial charge on any atom is -0.493 e. The van der Waals surface area contributed by atoms with Gasteiger partial charge in [-0.2, -0.15) is 4.98 Å². The first-order valence-corrected chi connectivity index (χ1v) is 14.9. The van der Waals surface area contributed by atoms with E-state index in [9.17, 15) is 14.7 Å². The van der Waals surface area contributed by atoms with Crippen LogP contribution in [-0.4, -0.2) is 67.6 Å². The van der Waals surface area contributed by atoms with Crippen LogP contribution in [0.5, 0.6) is 5.88 Å². The number of ether oxygens (including phenoxy) is 1.